The highest BCUT2D eigenvalue weighted by molar-refractivity contribution is 8.00. The quantitative estimate of drug-likeness (QED) is 0.561. The largest absolute Gasteiger partial charge is 0.493 e. The number of alkyl halides is 3. The lowest BCUT2D eigenvalue weighted by atomic mass is 10.1. The number of thioether (sulfide) groups is 1. The minimum absolute atomic E-state index is 0.0266. The fraction of sp³-hybridized carbons (Fsp3) is 0.318. The van der Waals surface area contributed by atoms with Gasteiger partial charge in [0.05, 0.1) is 24.0 Å². The van der Waals surface area contributed by atoms with Crippen LogP contribution in [0.25, 0.3) is 5.69 Å². The lowest BCUT2D eigenvalue weighted by Gasteiger charge is -2.27. The van der Waals surface area contributed by atoms with E-state index >= 15 is 0 Å². The van der Waals surface area contributed by atoms with E-state index in [-0.39, 0.29) is 40.7 Å². The predicted molar refractivity (Wildman–Crippen MR) is 117 cm³/mol. The third-order valence-corrected chi connectivity index (χ3v) is 6.13. The highest BCUT2D eigenvalue weighted by atomic mass is 32.2. The molecule has 0 radical (unpaired) electrons. The summed E-state index contributed by atoms with van der Waals surface area (Å²) in [6.07, 6.45) is 7.21. The molecule has 33 heavy (non-hydrogen) atoms. The van der Waals surface area contributed by atoms with Crippen molar-refractivity contribution in [1.29, 1.82) is 0 Å². The fourth-order valence-electron chi connectivity index (χ4n) is 3.84. The minimum atomic E-state index is -4.42. The number of benzene rings is 1. The first-order valence-electron chi connectivity index (χ1n) is 10.3. The molecular weight excluding hydrogens is 457 g/mol. The summed E-state index contributed by atoms with van der Waals surface area (Å²) >= 11 is -0.261. The van der Waals surface area contributed by atoms with Gasteiger partial charge < -0.3 is 10.0 Å². The summed E-state index contributed by atoms with van der Waals surface area (Å²) in [6.45, 7) is 1.37. The third-order valence-electron chi connectivity index (χ3n) is 5.39. The van der Waals surface area contributed by atoms with E-state index < -0.39 is 11.2 Å². The maximum Gasteiger partial charge on any atom is 0.446 e. The number of hydrogen-bond donors (Lipinski definition) is 1. The van der Waals surface area contributed by atoms with Crippen LogP contribution in [-0.2, 0) is 6.54 Å². The van der Waals surface area contributed by atoms with Crippen LogP contribution < -0.4 is 5.69 Å². The number of amides is 1. The van der Waals surface area contributed by atoms with Crippen LogP contribution in [0, 0.1) is 0 Å². The molecule has 0 aliphatic carbocycles. The minimum Gasteiger partial charge on any atom is -0.493 e. The van der Waals surface area contributed by atoms with Crippen molar-refractivity contribution >= 4 is 17.7 Å². The zero-order valence-electron chi connectivity index (χ0n) is 17.5. The molecule has 0 atom stereocenters. The van der Waals surface area contributed by atoms with Gasteiger partial charge in [-0.3, -0.25) is 14.3 Å². The van der Waals surface area contributed by atoms with Crippen LogP contribution in [0.1, 0.15) is 35.2 Å². The topological polar surface area (TPSA) is 80.4 Å². The molecule has 3 aromatic rings. The van der Waals surface area contributed by atoms with Gasteiger partial charge in [0.1, 0.15) is 0 Å². The number of aromatic hydroxyl groups is 1. The molecule has 0 saturated carbocycles. The van der Waals surface area contributed by atoms with Gasteiger partial charge in [-0.15, -0.1) is 0 Å². The summed E-state index contributed by atoms with van der Waals surface area (Å²) in [5.74, 6) is -0.513. The normalized spacial score (nSPS) is 14.5. The Balaban J connectivity index is 1.60. The molecule has 2 aromatic heterocycles. The van der Waals surface area contributed by atoms with Crippen molar-refractivity contribution in [2.24, 2.45) is 0 Å². The summed E-state index contributed by atoms with van der Waals surface area (Å²) in [4.78, 5) is 31.7. The molecule has 0 spiro atoms. The van der Waals surface area contributed by atoms with Crippen molar-refractivity contribution in [2.75, 3.05) is 13.1 Å². The second-order valence-electron chi connectivity index (χ2n) is 7.66. The van der Waals surface area contributed by atoms with E-state index in [0.717, 1.165) is 23.8 Å². The number of piperidine rings is 1. The molecular formula is C22H21F3N4O3S. The van der Waals surface area contributed by atoms with Crippen molar-refractivity contribution in [1.82, 2.24) is 19.0 Å². The first-order valence-corrected chi connectivity index (χ1v) is 11.1. The molecule has 7 nitrogen and oxygen atoms in total. The number of hydrogen-bond acceptors (Lipinski definition) is 5. The molecule has 1 amide bonds. The molecule has 1 N–H and O–H groups in total. The van der Waals surface area contributed by atoms with Crippen molar-refractivity contribution < 1.29 is 23.1 Å². The van der Waals surface area contributed by atoms with Crippen LogP contribution >= 0.6 is 11.8 Å². The Morgan fingerprint density at radius 1 is 1.09 bits per heavy atom. The molecule has 1 aromatic carbocycles. The van der Waals surface area contributed by atoms with Crippen molar-refractivity contribution in [3.05, 3.63) is 70.5 Å². The van der Waals surface area contributed by atoms with Crippen molar-refractivity contribution in [3.63, 3.8) is 0 Å². The number of pyridine rings is 1. The summed E-state index contributed by atoms with van der Waals surface area (Å²) in [6, 6.07) is 6.78. The van der Waals surface area contributed by atoms with Crippen LogP contribution in [0.5, 0.6) is 5.88 Å². The standard InChI is InChI=1S/C22H21F3N4O3S/c23-22(24,25)33-17-6-4-16(5-7-17)29-19(30)14-28(21(29)32)13-15-8-9-26-12-18(15)20(31)27-10-2-1-3-11-27/h4-9,12,14,30H,1-3,10-11,13H2. The lowest BCUT2D eigenvalue weighted by Crippen LogP contribution is -2.36. The predicted octanol–water partition coefficient (Wildman–Crippen LogP) is 4.03. The Morgan fingerprint density at radius 2 is 1.79 bits per heavy atom. The number of aromatic nitrogens is 3. The number of halogens is 3. The number of carbonyl (C=O) groups is 1. The van der Waals surface area contributed by atoms with E-state index in [1.807, 2.05) is 0 Å². The van der Waals surface area contributed by atoms with Crippen molar-refractivity contribution in [3.8, 4) is 11.6 Å². The number of nitrogens with zero attached hydrogens (tertiary/aromatic N) is 4. The Kier molecular flexibility index (Phi) is 6.50. The smallest absolute Gasteiger partial charge is 0.446 e. The molecule has 1 fully saturated rings. The zero-order chi connectivity index (χ0) is 23.6. The summed E-state index contributed by atoms with van der Waals surface area (Å²) in [5, 5.41) is 10.4. The Hall–Kier alpha value is -3.21. The molecule has 0 bridgehead atoms. The van der Waals surface area contributed by atoms with Crippen LogP contribution in [0.2, 0.25) is 0 Å². The van der Waals surface area contributed by atoms with E-state index in [0.29, 0.717) is 24.2 Å². The van der Waals surface area contributed by atoms with Gasteiger partial charge in [0.2, 0.25) is 5.88 Å². The van der Waals surface area contributed by atoms with Crippen LogP contribution in [0.15, 0.2) is 58.6 Å². The maximum absolute atomic E-state index is 13.0. The second-order valence-corrected chi connectivity index (χ2v) is 8.80. The van der Waals surface area contributed by atoms with Gasteiger partial charge in [0.25, 0.3) is 5.91 Å². The van der Waals surface area contributed by atoms with Crippen LogP contribution in [0.4, 0.5) is 13.2 Å². The zero-order valence-corrected chi connectivity index (χ0v) is 18.3. The average Bonchev–Trinajstić information content (AvgIpc) is 3.06. The van der Waals surface area contributed by atoms with Gasteiger partial charge >= 0.3 is 11.2 Å². The van der Waals surface area contributed by atoms with Gasteiger partial charge in [0, 0.05) is 30.4 Å². The van der Waals surface area contributed by atoms with E-state index in [4.69, 9.17) is 0 Å². The number of imidazole rings is 1. The number of rotatable bonds is 5. The van der Waals surface area contributed by atoms with Crippen molar-refractivity contribution in [2.45, 2.75) is 36.2 Å². The van der Waals surface area contributed by atoms with Gasteiger partial charge in [0.15, 0.2) is 0 Å². The van der Waals surface area contributed by atoms with Gasteiger partial charge in [-0.05, 0) is 66.9 Å². The molecule has 1 aliphatic heterocycles. The highest BCUT2D eigenvalue weighted by Crippen LogP contribution is 2.37. The Morgan fingerprint density at radius 3 is 2.45 bits per heavy atom. The Bertz CT molecular complexity index is 1200. The number of likely N-dealkylation sites (tertiary alicyclic amines) is 1. The second kappa shape index (κ2) is 9.34. The molecule has 11 heteroatoms. The van der Waals surface area contributed by atoms with E-state index in [1.165, 1.54) is 47.4 Å². The molecule has 1 saturated heterocycles. The van der Waals surface area contributed by atoms with E-state index in [2.05, 4.69) is 4.98 Å². The SMILES string of the molecule is O=C(c1cnccc1Cn1cc(O)n(-c2ccc(SC(F)(F)F)cc2)c1=O)N1CCCCC1. The first kappa shape index (κ1) is 23.0. The summed E-state index contributed by atoms with van der Waals surface area (Å²) in [5.41, 5.74) is -3.81. The Labute approximate surface area is 191 Å². The van der Waals surface area contributed by atoms with E-state index in [9.17, 15) is 27.9 Å². The molecule has 1 aliphatic rings. The number of carbonyl (C=O) groups excluding carboxylic acids is 1. The highest BCUT2D eigenvalue weighted by Gasteiger charge is 2.29. The lowest BCUT2D eigenvalue weighted by molar-refractivity contribution is -0.0328. The maximum atomic E-state index is 13.0. The van der Waals surface area contributed by atoms with Crippen LogP contribution in [-0.4, -0.2) is 48.6 Å². The fourth-order valence-corrected chi connectivity index (χ4v) is 4.38. The molecule has 4 rings (SSSR count). The summed E-state index contributed by atoms with van der Waals surface area (Å²) in [7, 11) is 0. The first-order chi connectivity index (χ1) is 15.7. The molecule has 0 unspecified atom stereocenters. The third kappa shape index (κ3) is 5.24. The monoisotopic (exact) mass is 478 g/mol. The van der Waals surface area contributed by atoms with E-state index in [1.54, 1.807) is 11.0 Å². The molecule has 174 valence electrons. The summed E-state index contributed by atoms with van der Waals surface area (Å²) < 4.78 is 39.9. The molecule has 3 heterocycles. The van der Waals surface area contributed by atoms with Gasteiger partial charge in [-0.25, -0.2) is 9.36 Å². The van der Waals surface area contributed by atoms with Gasteiger partial charge in [-0.2, -0.15) is 13.2 Å². The van der Waals surface area contributed by atoms with Gasteiger partial charge in [-0.1, -0.05) is 0 Å². The average molecular weight is 478 g/mol. The van der Waals surface area contributed by atoms with Crippen LogP contribution in [0.3, 0.4) is 0 Å².